The maximum atomic E-state index is 12.4. The van der Waals surface area contributed by atoms with Crippen LogP contribution in [-0.4, -0.2) is 30.2 Å². The van der Waals surface area contributed by atoms with Crippen molar-refractivity contribution in [2.24, 2.45) is 5.73 Å². The van der Waals surface area contributed by atoms with Crippen LogP contribution in [0.1, 0.15) is 25.7 Å². The van der Waals surface area contributed by atoms with Crippen LogP contribution in [0.2, 0.25) is 0 Å². The summed E-state index contributed by atoms with van der Waals surface area (Å²) in [5.41, 5.74) is 5.84. The highest BCUT2D eigenvalue weighted by Gasteiger charge is 2.24. The standard InChI is InChI=1S/C13H19NO3S2/c1-19(16,17)13-8-6-12(7-9-13)18(15)11-4-2-10(14)3-5-11/h6-11H,2-5,14H2,1H3. The second-order valence-corrected chi connectivity index (χ2v) is 8.83. The van der Waals surface area contributed by atoms with E-state index in [9.17, 15) is 12.6 Å². The molecule has 6 heteroatoms. The van der Waals surface area contributed by atoms with Crippen molar-refractivity contribution in [1.82, 2.24) is 0 Å². The van der Waals surface area contributed by atoms with E-state index >= 15 is 0 Å². The van der Waals surface area contributed by atoms with Gasteiger partial charge in [-0.25, -0.2) is 8.42 Å². The molecular formula is C13H19NO3S2. The van der Waals surface area contributed by atoms with Gasteiger partial charge in [-0.1, -0.05) is 0 Å². The molecule has 0 heterocycles. The highest BCUT2D eigenvalue weighted by molar-refractivity contribution is 7.90. The first-order chi connectivity index (χ1) is 8.88. The highest BCUT2D eigenvalue weighted by Crippen LogP contribution is 2.26. The van der Waals surface area contributed by atoms with Crippen LogP contribution in [0.4, 0.5) is 0 Å². The Bertz CT molecular complexity index is 558. The minimum Gasteiger partial charge on any atom is -0.328 e. The predicted octanol–water partition coefficient (Wildman–Crippen LogP) is 1.47. The van der Waals surface area contributed by atoms with Crippen LogP contribution >= 0.6 is 0 Å². The van der Waals surface area contributed by atoms with E-state index < -0.39 is 20.6 Å². The van der Waals surface area contributed by atoms with Crippen LogP contribution in [-0.2, 0) is 20.6 Å². The van der Waals surface area contributed by atoms with Gasteiger partial charge in [0.05, 0.1) is 15.7 Å². The van der Waals surface area contributed by atoms with Gasteiger partial charge in [0.25, 0.3) is 0 Å². The molecule has 0 spiro atoms. The largest absolute Gasteiger partial charge is 0.328 e. The molecule has 0 amide bonds. The molecule has 1 atom stereocenters. The lowest BCUT2D eigenvalue weighted by molar-refractivity contribution is 0.444. The first-order valence-electron chi connectivity index (χ1n) is 6.34. The van der Waals surface area contributed by atoms with Gasteiger partial charge < -0.3 is 5.73 Å². The molecule has 19 heavy (non-hydrogen) atoms. The average Bonchev–Trinajstić information content (AvgIpc) is 2.38. The lowest BCUT2D eigenvalue weighted by atomic mass is 9.96. The lowest BCUT2D eigenvalue weighted by Crippen LogP contribution is -2.31. The zero-order valence-electron chi connectivity index (χ0n) is 10.9. The Kier molecular flexibility index (Phi) is 4.43. The van der Waals surface area contributed by atoms with Crippen molar-refractivity contribution in [3.63, 3.8) is 0 Å². The number of sulfone groups is 1. The number of hydrogen-bond donors (Lipinski definition) is 1. The Morgan fingerprint density at radius 1 is 1.11 bits per heavy atom. The maximum absolute atomic E-state index is 12.4. The van der Waals surface area contributed by atoms with Gasteiger partial charge in [0, 0.05) is 22.4 Å². The lowest BCUT2D eigenvalue weighted by Gasteiger charge is -2.25. The summed E-state index contributed by atoms with van der Waals surface area (Å²) < 4.78 is 35.1. The van der Waals surface area contributed by atoms with E-state index in [-0.39, 0.29) is 16.2 Å². The molecule has 0 radical (unpaired) electrons. The van der Waals surface area contributed by atoms with Gasteiger partial charge in [-0.2, -0.15) is 0 Å². The van der Waals surface area contributed by atoms with Gasteiger partial charge in [-0.05, 0) is 49.9 Å². The zero-order valence-corrected chi connectivity index (χ0v) is 12.5. The number of nitrogens with two attached hydrogens (primary N) is 1. The quantitative estimate of drug-likeness (QED) is 0.917. The molecule has 2 N–H and O–H groups in total. The molecule has 1 aliphatic rings. The first kappa shape index (κ1) is 14.7. The van der Waals surface area contributed by atoms with Gasteiger partial charge in [0.15, 0.2) is 9.84 Å². The summed E-state index contributed by atoms with van der Waals surface area (Å²) in [5.74, 6) is 0. The zero-order chi connectivity index (χ0) is 14.0. The van der Waals surface area contributed by atoms with Crippen LogP contribution in [0.25, 0.3) is 0 Å². The number of rotatable bonds is 3. The normalized spacial score (nSPS) is 26.0. The minimum atomic E-state index is -3.19. The van der Waals surface area contributed by atoms with Crippen LogP contribution in [0.3, 0.4) is 0 Å². The SMILES string of the molecule is CS(=O)(=O)c1ccc(S(=O)C2CCC(N)CC2)cc1. The van der Waals surface area contributed by atoms with E-state index in [1.165, 1.54) is 18.4 Å². The molecule has 1 unspecified atom stereocenters. The number of hydrogen-bond acceptors (Lipinski definition) is 4. The fourth-order valence-electron chi connectivity index (χ4n) is 2.32. The van der Waals surface area contributed by atoms with E-state index in [2.05, 4.69) is 0 Å². The van der Waals surface area contributed by atoms with Gasteiger partial charge in [0.2, 0.25) is 0 Å². The second kappa shape index (κ2) is 5.73. The van der Waals surface area contributed by atoms with Crippen LogP contribution in [0, 0.1) is 0 Å². The molecule has 1 aliphatic carbocycles. The van der Waals surface area contributed by atoms with Gasteiger partial charge >= 0.3 is 0 Å². The number of benzene rings is 1. The molecule has 1 fully saturated rings. The molecule has 0 bridgehead atoms. The molecule has 4 nitrogen and oxygen atoms in total. The molecule has 1 aromatic rings. The monoisotopic (exact) mass is 301 g/mol. The molecule has 1 aromatic carbocycles. The van der Waals surface area contributed by atoms with Gasteiger partial charge in [-0.15, -0.1) is 0 Å². The van der Waals surface area contributed by atoms with Crippen LogP contribution < -0.4 is 5.73 Å². The van der Waals surface area contributed by atoms with Crippen LogP contribution in [0.15, 0.2) is 34.1 Å². The third-order valence-corrected chi connectivity index (χ3v) is 6.45. The Labute approximate surface area is 116 Å². The summed E-state index contributed by atoms with van der Waals surface area (Å²) in [7, 11) is -4.26. The summed E-state index contributed by atoms with van der Waals surface area (Å²) in [6, 6.07) is 6.59. The molecule has 2 rings (SSSR count). The van der Waals surface area contributed by atoms with Crippen molar-refractivity contribution in [3.8, 4) is 0 Å². The highest BCUT2D eigenvalue weighted by atomic mass is 32.2. The van der Waals surface area contributed by atoms with Crippen molar-refractivity contribution < 1.29 is 12.6 Å². The van der Waals surface area contributed by atoms with E-state index in [0.717, 1.165) is 25.7 Å². The fraction of sp³-hybridized carbons (Fsp3) is 0.538. The maximum Gasteiger partial charge on any atom is 0.175 e. The topological polar surface area (TPSA) is 77.2 Å². The fourth-order valence-corrected chi connectivity index (χ4v) is 4.44. The van der Waals surface area contributed by atoms with E-state index in [4.69, 9.17) is 5.73 Å². The van der Waals surface area contributed by atoms with Crippen molar-refractivity contribution in [2.45, 2.75) is 46.8 Å². The third kappa shape index (κ3) is 3.64. The Hall–Kier alpha value is -0.720. The summed E-state index contributed by atoms with van der Waals surface area (Å²) in [6.07, 6.45) is 4.75. The third-order valence-electron chi connectivity index (χ3n) is 3.51. The average molecular weight is 301 g/mol. The summed E-state index contributed by atoms with van der Waals surface area (Å²) in [4.78, 5) is 0.965. The predicted molar refractivity (Wildman–Crippen MR) is 76.2 cm³/mol. The van der Waals surface area contributed by atoms with E-state index in [1.807, 2.05) is 0 Å². The van der Waals surface area contributed by atoms with Crippen molar-refractivity contribution in [2.75, 3.05) is 6.26 Å². The summed E-state index contributed by atoms with van der Waals surface area (Å²) in [6.45, 7) is 0. The van der Waals surface area contributed by atoms with Crippen molar-refractivity contribution in [3.05, 3.63) is 24.3 Å². The first-order valence-corrected chi connectivity index (χ1v) is 9.44. The Morgan fingerprint density at radius 2 is 1.63 bits per heavy atom. The summed E-state index contributed by atoms with van der Waals surface area (Å²) >= 11 is 0. The Balaban J connectivity index is 2.12. The van der Waals surface area contributed by atoms with Crippen LogP contribution in [0.5, 0.6) is 0 Å². The summed E-state index contributed by atoms with van der Waals surface area (Å²) in [5, 5.41) is 0.142. The molecule has 1 saturated carbocycles. The molecule has 0 aliphatic heterocycles. The van der Waals surface area contributed by atoms with E-state index in [0.29, 0.717) is 4.90 Å². The van der Waals surface area contributed by atoms with Gasteiger partial charge in [0.1, 0.15) is 0 Å². The smallest absolute Gasteiger partial charge is 0.175 e. The van der Waals surface area contributed by atoms with E-state index in [1.54, 1.807) is 12.1 Å². The molecule has 106 valence electrons. The Morgan fingerprint density at radius 3 is 2.11 bits per heavy atom. The van der Waals surface area contributed by atoms with Crippen molar-refractivity contribution >= 4 is 20.6 Å². The second-order valence-electron chi connectivity index (χ2n) is 5.08. The molecule has 0 aromatic heterocycles. The minimum absolute atomic E-state index is 0.142. The van der Waals surface area contributed by atoms with Gasteiger partial charge in [-0.3, -0.25) is 4.21 Å². The molecular weight excluding hydrogens is 282 g/mol. The molecule has 0 saturated heterocycles. The van der Waals surface area contributed by atoms with Crippen molar-refractivity contribution in [1.29, 1.82) is 0 Å².